The molecule has 0 aromatic rings. The number of ether oxygens (including phenoxy) is 4. The van der Waals surface area contributed by atoms with E-state index in [0.29, 0.717) is 17.4 Å². The van der Waals surface area contributed by atoms with E-state index in [4.69, 9.17) is 18.9 Å². The first-order valence-corrected chi connectivity index (χ1v) is 48.0. The SMILES string of the molecule is CCCCCCC/C=C\C/C=C\CCCCCCCCCCCCCCCCCCCCCCCCCCCCCCCC(=O)OC(COC(=O)CCCCCCCCCCCCCCCCCCCCCCCCCCCCCCCCCCCCCCCCCC)COC(OCC[N+](C)(C)C)C(=O)O. The number of rotatable bonds is 92. The smallest absolute Gasteiger partial charge is 0.361 e. The molecule has 9 heteroatoms. The lowest BCUT2D eigenvalue weighted by molar-refractivity contribution is -0.870. The third-order valence-electron chi connectivity index (χ3n) is 22.5. The van der Waals surface area contributed by atoms with Crippen LogP contribution >= 0.6 is 0 Å². The van der Waals surface area contributed by atoms with Crippen LogP contribution in [-0.2, 0) is 33.3 Å². The Labute approximate surface area is 662 Å². The number of nitrogens with zero attached hydrogens (tertiary/aromatic N) is 1. The molecule has 106 heavy (non-hydrogen) atoms. The topological polar surface area (TPSA) is 108 Å². The molecule has 2 atom stereocenters. The summed E-state index contributed by atoms with van der Waals surface area (Å²) in [6, 6.07) is 0. The molecular formula is C97H188NO8+. The van der Waals surface area contributed by atoms with Crippen LogP contribution in [-0.4, -0.2) is 87.4 Å². The third-order valence-corrected chi connectivity index (χ3v) is 22.5. The monoisotopic (exact) mass is 1500 g/mol. The first-order valence-electron chi connectivity index (χ1n) is 48.0. The molecular weight excluding hydrogens is 1310 g/mol. The molecule has 628 valence electrons. The summed E-state index contributed by atoms with van der Waals surface area (Å²) >= 11 is 0. The molecule has 0 saturated heterocycles. The zero-order valence-electron chi connectivity index (χ0n) is 72.4. The van der Waals surface area contributed by atoms with Crippen LogP contribution in [0.5, 0.6) is 0 Å². The maximum atomic E-state index is 13.0. The summed E-state index contributed by atoms with van der Waals surface area (Å²) in [5, 5.41) is 9.80. The Morgan fingerprint density at radius 3 is 0.745 bits per heavy atom. The van der Waals surface area contributed by atoms with E-state index >= 15 is 0 Å². The van der Waals surface area contributed by atoms with Crippen molar-refractivity contribution in [3.63, 3.8) is 0 Å². The highest BCUT2D eigenvalue weighted by Crippen LogP contribution is 2.22. The number of aliphatic carboxylic acids is 1. The molecule has 0 fully saturated rings. The summed E-state index contributed by atoms with van der Waals surface area (Å²) in [6.07, 6.45) is 113. The zero-order chi connectivity index (χ0) is 76.7. The minimum atomic E-state index is -1.51. The zero-order valence-corrected chi connectivity index (χ0v) is 72.4. The van der Waals surface area contributed by atoms with Crippen molar-refractivity contribution in [1.29, 1.82) is 0 Å². The summed E-state index contributed by atoms with van der Waals surface area (Å²) in [5.74, 6) is -1.96. The molecule has 0 aliphatic heterocycles. The van der Waals surface area contributed by atoms with Crippen LogP contribution in [0.15, 0.2) is 24.3 Å². The van der Waals surface area contributed by atoms with Crippen molar-refractivity contribution in [1.82, 2.24) is 0 Å². The normalized spacial score (nSPS) is 12.6. The largest absolute Gasteiger partial charge is 0.477 e. The molecule has 1 N–H and O–H groups in total. The molecule has 0 rings (SSSR count). The van der Waals surface area contributed by atoms with E-state index in [-0.39, 0.29) is 38.2 Å². The van der Waals surface area contributed by atoms with Gasteiger partial charge in [0.1, 0.15) is 13.2 Å². The molecule has 0 aromatic heterocycles. The molecule has 0 saturated carbocycles. The Bertz CT molecular complexity index is 1790. The number of quaternary nitrogens is 1. The average Bonchev–Trinajstić information content (AvgIpc) is 0.935. The molecule has 0 aliphatic carbocycles. The minimum Gasteiger partial charge on any atom is -0.477 e. The lowest BCUT2D eigenvalue weighted by Crippen LogP contribution is -2.40. The third kappa shape index (κ3) is 89.0. The van der Waals surface area contributed by atoms with Crippen LogP contribution in [0.25, 0.3) is 0 Å². The van der Waals surface area contributed by atoms with Gasteiger partial charge >= 0.3 is 17.9 Å². The fraction of sp³-hybridized carbons (Fsp3) is 0.928. The number of carbonyl (C=O) groups excluding carboxylic acids is 2. The van der Waals surface area contributed by atoms with Crippen LogP contribution < -0.4 is 0 Å². The number of unbranched alkanes of at least 4 members (excludes halogenated alkanes) is 73. The molecule has 0 aromatic carbocycles. The Hall–Kier alpha value is -2.23. The Balaban J connectivity index is 3.84. The van der Waals surface area contributed by atoms with Crippen LogP contribution in [0.4, 0.5) is 0 Å². The maximum absolute atomic E-state index is 13.0. The van der Waals surface area contributed by atoms with Crippen LogP contribution in [0, 0.1) is 0 Å². The van der Waals surface area contributed by atoms with Crippen molar-refractivity contribution in [2.45, 2.75) is 533 Å². The Morgan fingerprint density at radius 1 is 0.283 bits per heavy atom. The molecule has 0 radical (unpaired) electrons. The van der Waals surface area contributed by atoms with Crippen LogP contribution in [0.3, 0.4) is 0 Å². The van der Waals surface area contributed by atoms with Gasteiger partial charge in [-0.1, -0.05) is 488 Å². The fourth-order valence-electron chi connectivity index (χ4n) is 15.2. The summed E-state index contributed by atoms with van der Waals surface area (Å²) in [6.45, 7) is 4.97. The predicted molar refractivity (Wildman–Crippen MR) is 461 cm³/mol. The van der Waals surface area contributed by atoms with E-state index in [1.807, 2.05) is 21.1 Å². The number of esters is 2. The molecule has 0 amide bonds. The first-order chi connectivity index (χ1) is 52.1. The fourth-order valence-corrected chi connectivity index (χ4v) is 15.2. The van der Waals surface area contributed by atoms with Gasteiger partial charge < -0.3 is 28.5 Å². The highest BCUT2D eigenvalue weighted by atomic mass is 16.7. The van der Waals surface area contributed by atoms with Gasteiger partial charge in [0.2, 0.25) is 0 Å². The van der Waals surface area contributed by atoms with Crippen molar-refractivity contribution in [2.24, 2.45) is 0 Å². The van der Waals surface area contributed by atoms with E-state index in [2.05, 4.69) is 38.2 Å². The second-order valence-corrected chi connectivity index (χ2v) is 34.4. The number of carbonyl (C=O) groups is 3. The number of hydrogen-bond donors (Lipinski definition) is 1. The summed E-state index contributed by atoms with van der Waals surface area (Å²) in [5.41, 5.74) is 0. The average molecular weight is 1500 g/mol. The minimum absolute atomic E-state index is 0.173. The van der Waals surface area contributed by atoms with Gasteiger partial charge in [-0.25, -0.2) is 4.79 Å². The summed E-state index contributed by atoms with van der Waals surface area (Å²) in [4.78, 5) is 37.9. The second-order valence-electron chi connectivity index (χ2n) is 34.4. The standard InChI is InChI=1S/C97H187NO8/c1-6-8-10-12-14-16-18-20-22-24-26-28-30-32-34-36-38-40-42-44-46-48-50-52-54-56-58-60-62-64-66-68-70-72-74-76-78-80-82-84-86-88-95(100)106-93(92-105-97(96(101)102)103-90-89-98(3,4)5)91-104-94(99)87-85-83-81-79-77-75-73-71-69-67-65-63-61-59-57-55-53-51-49-47-45-43-41-39-37-35-33-31-29-27-25-23-21-19-17-15-13-11-9-7-2/h18,20,24,26,93,97H,6-17,19,21-23,25,27-92H2,1-5H3/p+1/b20-18-,26-24-. The van der Waals surface area contributed by atoms with Gasteiger partial charge in [-0.2, -0.15) is 0 Å². The molecule has 0 spiro atoms. The van der Waals surface area contributed by atoms with E-state index in [1.54, 1.807) is 0 Å². The number of likely N-dealkylation sites (N-methyl/N-ethyl adjacent to an activating group) is 1. The van der Waals surface area contributed by atoms with Crippen molar-refractivity contribution in [3.05, 3.63) is 24.3 Å². The van der Waals surface area contributed by atoms with Crippen molar-refractivity contribution >= 4 is 17.9 Å². The lowest BCUT2D eigenvalue weighted by atomic mass is 10.0. The molecule has 0 aliphatic rings. The second kappa shape index (κ2) is 88.3. The van der Waals surface area contributed by atoms with E-state index < -0.39 is 18.4 Å². The van der Waals surface area contributed by atoms with Gasteiger partial charge in [0.05, 0.1) is 34.4 Å². The number of allylic oxidation sites excluding steroid dienone is 4. The highest BCUT2D eigenvalue weighted by Gasteiger charge is 2.25. The Kier molecular flexibility index (Phi) is 86.5. The van der Waals surface area contributed by atoms with E-state index in [9.17, 15) is 19.5 Å². The van der Waals surface area contributed by atoms with E-state index in [1.165, 1.54) is 449 Å². The van der Waals surface area contributed by atoms with Crippen molar-refractivity contribution < 1.29 is 42.9 Å². The van der Waals surface area contributed by atoms with Gasteiger partial charge in [0.25, 0.3) is 6.29 Å². The molecule has 2 unspecified atom stereocenters. The van der Waals surface area contributed by atoms with Gasteiger partial charge in [-0.3, -0.25) is 9.59 Å². The summed E-state index contributed by atoms with van der Waals surface area (Å²) in [7, 11) is 6.01. The molecule has 0 bridgehead atoms. The highest BCUT2D eigenvalue weighted by molar-refractivity contribution is 5.71. The van der Waals surface area contributed by atoms with Crippen LogP contribution in [0.1, 0.15) is 521 Å². The van der Waals surface area contributed by atoms with Gasteiger partial charge in [0, 0.05) is 12.8 Å². The van der Waals surface area contributed by atoms with Crippen LogP contribution in [0.2, 0.25) is 0 Å². The lowest BCUT2D eigenvalue weighted by Gasteiger charge is -2.25. The predicted octanol–water partition coefficient (Wildman–Crippen LogP) is 31.6. The van der Waals surface area contributed by atoms with Gasteiger partial charge in [0.15, 0.2) is 6.10 Å². The quantitative estimate of drug-likeness (QED) is 0.0211. The number of carboxylic acids is 1. The Morgan fingerprint density at radius 2 is 0.509 bits per heavy atom. The first kappa shape index (κ1) is 104. The van der Waals surface area contributed by atoms with Gasteiger partial charge in [-0.05, 0) is 44.9 Å². The molecule has 9 nitrogen and oxygen atoms in total. The van der Waals surface area contributed by atoms with Crippen molar-refractivity contribution in [3.8, 4) is 0 Å². The van der Waals surface area contributed by atoms with Gasteiger partial charge in [-0.15, -0.1) is 0 Å². The summed E-state index contributed by atoms with van der Waals surface area (Å²) < 4.78 is 23.1. The van der Waals surface area contributed by atoms with E-state index in [0.717, 1.165) is 44.9 Å². The molecule has 0 heterocycles. The van der Waals surface area contributed by atoms with Crippen molar-refractivity contribution in [2.75, 3.05) is 47.5 Å². The number of carboxylic acid groups (broad SMARTS) is 1. The maximum Gasteiger partial charge on any atom is 0.361 e. The number of hydrogen-bond acceptors (Lipinski definition) is 7.